The number of pyridine rings is 2. The average molecular weight is 415 g/mol. The number of nitrogens with one attached hydrogen (secondary N) is 3. The monoisotopic (exact) mass is 415 g/mol. The number of anilines is 1. The van der Waals surface area contributed by atoms with Gasteiger partial charge in [0.15, 0.2) is 11.5 Å². The van der Waals surface area contributed by atoms with E-state index in [9.17, 15) is 4.39 Å². The van der Waals surface area contributed by atoms with Gasteiger partial charge in [-0.3, -0.25) is 10.1 Å². The summed E-state index contributed by atoms with van der Waals surface area (Å²) in [7, 11) is 0. The van der Waals surface area contributed by atoms with Gasteiger partial charge in [0.05, 0.1) is 11.2 Å². The number of benzene rings is 1. The van der Waals surface area contributed by atoms with E-state index in [1.165, 1.54) is 6.07 Å². The van der Waals surface area contributed by atoms with Crippen molar-refractivity contribution in [1.29, 1.82) is 0 Å². The van der Waals surface area contributed by atoms with E-state index in [2.05, 4.69) is 56.2 Å². The Kier molecular flexibility index (Phi) is 4.43. The number of aromatic amines is 2. The second-order valence-electron chi connectivity index (χ2n) is 8.78. The largest absolute Gasteiger partial charge is 0.383 e. The van der Waals surface area contributed by atoms with Gasteiger partial charge >= 0.3 is 0 Å². The molecule has 0 amide bonds. The number of fused-ring (bicyclic) bond motifs is 2. The molecule has 156 valence electrons. The van der Waals surface area contributed by atoms with Crippen LogP contribution in [-0.4, -0.2) is 36.7 Å². The van der Waals surface area contributed by atoms with Gasteiger partial charge < -0.3 is 10.3 Å². The molecule has 0 atom stereocenters. The molecule has 0 saturated heterocycles. The van der Waals surface area contributed by atoms with Crippen molar-refractivity contribution >= 4 is 27.8 Å². The highest BCUT2D eigenvalue weighted by Crippen LogP contribution is 2.32. The molecule has 0 radical (unpaired) electrons. The van der Waals surface area contributed by atoms with Crippen LogP contribution in [0.5, 0.6) is 0 Å². The SMILES string of the molecule is CC(C)(C)CNc1cncc(-c2cc3c(-c4nc5cccnc5[nH]4)n[nH]c3cc2F)c1. The highest BCUT2D eigenvalue weighted by Gasteiger charge is 2.17. The van der Waals surface area contributed by atoms with Crippen LogP contribution in [0.2, 0.25) is 0 Å². The zero-order chi connectivity index (χ0) is 21.6. The molecule has 0 aliphatic rings. The van der Waals surface area contributed by atoms with E-state index in [-0.39, 0.29) is 11.2 Å². The Morgan fingerprint density at radius 2 is 2.00 bits per heavy atom. The minimum atomic E-state index is -0.344. The lowest BCUT2D eigenvalue weighted by Gasteiger charge is -2.19. The van der Waals surface area contributed by atoms with Crippen molar-refractivity contribution < 1.29 is 4.39 Å². The summed E-state index contributed by atoms with van der Waals surface area (Å²) in [5, 5.41) is 11.4. The Hall–Kier alpha value is -3.81. The Labute approximate surface area is 178 Å². The number of rotatable bonds is 4. The van der Waals surface area contributed by atoms with E-state index < -0.39 is 0 Å². The lowest BCUT2D eigenvalue weighted by atomic mass is 9.97. The number of aromatic nitrogens is 6. The van der Waals surface area contributed by atoms with Gasteiger partial charge in [0, 0.05) is 47.7 Å². The second-order valence-corrected chi connectivity index (χ2v) is 8.78. The van der Waals surface area contributed by atoms with Crippen molar-refractivity contribution in [3.05, 3.63) is 54.7 Å². The molecule has 0 fully saturated rings. The minimum Gasteiger partial charge on any atom is -0.383 e. The Morgan fingerprint density at radius 3 is 2.81 bits per heavy atom. The summed E-state index contributed by atoms with van der Waals surface area (Å²) >= 11 is 0. The highest BCUT2D eigenvalue weighted by atomic mass is 19.1. The van der Waals surface area contributed by atoms with Crippen molar-refractivity contribution in [1.82, 2.24) is 30.1 Å². The van der Waals surface area contributed by atoms with E-state index in [0.717, 1.165) is 23.1 Å². The summed E-state index contributed by atoms with van der Waals surface area (Å²) < 4.78 is 15.0. The van der Waals surface area contributed by atoms with Crippen molar-refractivity contribution in [2.45, 2.75) is 20.8 Å². The number of hydrogen-bond acceptors (Lipinski definition) is 5. The lowest BCUT2D eigenvalue weighted by molar-refractivity contribution is 0.443. The first kappa shape index (κ1) is 19.2. The summed E-state index contributed by atoms with van der Waals surface area (Å²) in [4.78, 5) is 16.3. The fourth-order valence-corrected chi connectivity index (χ4v) is 3.45. The maximum absolute atomic E-state index is 15.0. The molecule has 4 heterocycles. The molecule has 0 aliphatic carbocycles. The van der Waals surface area contributed by atoms with Gasteiger partial charge in [0.2, 0.25) is 0 Å². The zero-order valence-electron chi connectivity index (χ0n) is 17.5. The standard InChI is InChI=1S/C23H22FN7/c1-23(2,3)12-27-14-7-13(10-25-11-14)15-8-16-19(9-17(15)24)30-31-20(16)22-28-18-5-4-6-26-21(18)29-22/h4-11,27H,12H2,1-3H3,(H,30,31)(H,26,28,29). The van der Waals surface area contributed by atoms with Crippen LogP contribution < -0.4 is 5.32 Å². The van der Waals surface area contributed by atoms with E-state index in [1.807, 2.05) is 18.2 Å². The van der Waals surface area contributed by atoms with E-state index in [4.69, 9.17) is 0 Å². The van der Waals surface area contributed by atoms with Crippen LogP contribution in [0.3, 0.4) is 0 Å². The summed E-state index contributed by atoms with van der Waals surface area (Å²) in [6.45, 7) is 7.24. The summed E-state index contributed by atoms with van der Waals surface area (Å²) in [5.41, 5.74) is 4.75. The van der Waals surface area contributed by atoms with E-state index >= 15 is 0 Å². The first-order chi connectivity index (χ1) is 14.9. The Morgan fingerprint density at radius 1 is 1.13 bits per heavy atom. The maximum Gasteiger partial charge on any atom is 0.160 e. The summed E-state index contributed by atoms with van der Waals surface area (Å²) in [6.07, 6.45) is 5.11. The molecule has 0 bridgehead atoms. The molecule has 7 nitrogen and oxygen atoms in total. The van der Waals surface area contributed by atoms with Crippen LogP contribution in [0.15, 0.2) is 48.9 Å². The molecule has 4 aromatic heterocycles. The quantitative estimate of drug-likeness (QED) is 0.377. The normalized spacial score (nSPS) is 12.0. The smallest absolute Gasteiger partial charge is 0.160 e. The average Bonchev–Trinajstić information content (AvgIpc) is 3.34. The Bertz CT molecular complexity index is 1360. The Balaban J connectivity index is 1.57. The molecule has 8 heteroatoms. The number of imidazole rings is 1. The topological polar surface area (TPSA) is 95.2 Å². The fourth-order valence-electron chi connectivity index (χ4n) is 3.45. The van der Waals surface area contributed by atoms with Gasteiger partial charge in [-0.2, -0.15) is 5.10 Å². The number of H-pyrrole nitrogens is 2. The summed E-state index contributed by atoms with van der Waals surface area (Å²) in [5.74, 6) is 0.236. The van der Waals surface area contributed by atoms with Crippen LogP contribution in [0.4, 0.5) is 10.1 Å². The van der Waals surface area contributed by atoms with Gasteiger partial charge in [-0.15, -0.1) is 0 Å². The predicted octanol–water partition coefficient (Wildman–Crippen LogP) is 5.16. The van der Waals surface area contributed by atoms with Crippen molar-refractivity contribution in [2.24, 2.45) is 5.41 Å². The molecule has 0 spiro atoms. The first-order valence-corrected chi connectivity index (χ1v) is 10.1. The van der Waals surface area contributed by atoms with Crippen molar-refractivity contribution in [2.75, 3.05) is 11.9 Å². The van der Waals surface area contributed by atoms with Crippen LogP contribution in [0, 0.1) is 11.2 Å². The molecule has 5 aromatic rings. The first-order valence-electron chi connectivity index (χ1n) is 10.1. The minimum absolute atomic E-state index is 0.118. The van der Waals surface area contributed by atoms with Gasteiger partial charge in [0.1, 0.15) is 17.0 Å². The summed E-state index contributed by atoms with van der Waals surface area (Å²) in [6, 6.07) is 8.86. The van der Waals surface area contributed by atoms with Crippen LogP contribution in [0.25, 0.3) is 44.7 Å². The predicted molar refractivity (Wildman–Crippen MR) is 120 cm³/mol. The number of halogens is 1. The molecular formula is C23H22FN7. The lowest BCUT2D eigenvalue weighted by Crippen LogP contribution is -2.19. The highest BCUT2D eigenvalue weighted by molar-refractivity contribution is 5.95. The van der Waals surface area contributed by atoms with Crippen molar-refractivity contribution in [3.8, 4) is 22.6 Å². The van der Waals surface area contributed by atoms with Gasteiger partial charge in [0.25, 0.3) is 0 Å². The molecule has 1 aromatic carbocycles. The number of nitrogens with zero attached hydrogens (tertiary/aromatic N) is 4. The third kappa shape index (κ3) is 3.72. The van der Waals surface area contributed by atoms with Gasteiger partial charge in [-0.1, -0.05) is 20.8 Å². The second kappa shape index (κ2) is 7.16. The third-order valence-corrected chi connectivity index (χ3v) is 5.00. The molecule has 3 N–H and O–H groups in total. The van der Waals surface area contributed by atoms with Gasteiger partial charge in [-0.25, -0.2) is 14.4 Å². The maximum atomic E-state index is 15.0. The van der Waals surface area contributed by atoms with E-state index in [1.54, 1.807) is 24.7 Å². The molecule has 0 aliphatic heterocycles. The molecule has 5 rings (SSSR count). The zero-order valence-corrected chi connectivity index (χ0v) is 17.5. The van der Waals surface area contributed by atoms with Crippen LogP contribution in [-0.2, 0) is 0 Å². The fraction of sp³-hybridized carbons (Fsp3) is 0.217. The van der Waals surface area contributed by atoms with Gasteiger partial charge in [-0.05, 0) is 29.7 Å². The van der Waals surface area contributed by atoms with Crippen molar-refractivity contribution in [3.63, 3.8) is 0 Å². The van der Waals surface area contributed by atoms with Crippen LogP contribution in [0.1, 0.15) is 20.8 Å². The third-order valence-electron chi connectivity index (χ3n) is 5.00. The van der Waals surface area contributed by atoms with E-state index in [0.29, 0.717) is 33.8 Å². The molecule has 31 heavy (non-hydrogen) atoms. The van der Waals surface area contributed by atoms with Crippen LogP contribution >= 0.6 is 0 Å². The molecule has 0 saturated carbocycles. The molecular weight excluding hydrogens is 393 g/mol. The molecule has 0 unspecified atom stereocenters. The number of hydrogen-bond donors (Lipinski definition) is 3.